The molecule has 1 heterocycles. The maximum Gasteiger partial charge on any atom is 0.338 e. The van der Waals surface area contributed by atoms with Gasteiger partial charge in [0, 0.05) is 33.9 Å². The molecule has 0 radical (unpaired) electrons. The van der Waals surface area contributed by atoms with Crippen LogP contribution in [0.3, 0.4) is 0 Å². The van der Waals surface area contributed by atoms with Crippen LogP contribution in [-0.2, 0) is 20.8 Å². The van der Waals surface area contributed by atoms with Gasteiger partial charge in [-0.25, -0.2) is 9.59 Å². The van der Waals surface area contributed by atoms with Crippen LogP contribution in [0.1, 0.15) is 49.9 Å². The molecule has 0 spiro atoms. The fourth-order valence-electron chi connectivity index (χ4n) is 3.62. The molecule has 2 aromatic carbocycles. The molecule has 5 nitrogen and oxygen atoms in total. The van der Waals surface area contributed by atoms with Crippen molar-refractivity contribution >= 4 is 33.7 Å². The molecular formula is C25H29NO4. The Morgan fingerprint density at radius 1 is 0.900 bits per heavy atom. The van der Waals surface area contributed by atoms with Gasteiger partial charge in [-0.15, -0.1) is 0 Å². The summed E-state index contributed by atoms with van der Waals surface area (Å²) in [6.45, 7) is 8.97. The lowest BCUT2D eigenvalue weighted by atomic mass is 10.1. The van der Waals surface area contributed by atoms with Gasteiger partial charge in [0.25, 0.3) is 0 Å². The lowest BCUT2D eigenvalue weighted by molar-refractivity contribution is -0.139. The zero-order valence-electron chi connectivity index (χ0n) is 17.8. The third-order valence-corrected chi connectivity index (χ3v) is 5.18. The predicted molar refractivity (Wildman–Crippen MR) is 120 cm³/mol. The molecule has 0 saturated carbocycles. The van der Waals surface area contributed by atoms with Crippen molar-refractivity contribution < 1.29 is 19.1 Å². The van der Waals surface area contributed by atoms with E-state index < -0.39 is 0 Å². The molecule has 158 valence electrons. The molecule has 0 saturated heterocycles. The van der Waals surface area contributed by atoms with Crippen molar-refractivity contribution in [1.82, 2.24) is 4.57 Å². The van der Waals surface area contributed by atoms with Crippen molar-refractivity contribution in [1.29, 1.82) is 0 Å². The summed E-state index contributed by atoms with van der Waals surface area (Å²) in [5, 5.41) is 2.22. The molecule has 0 fully saturated rings. The van der Waals surface area contributed by atoms with Crippen LogP contribution < -0.4 is 0 Å². The number of hydrogen-bond donors (Lipinski definition) is 0. The van der Waals surface area contributed by atoms with Crippen molar-refractivity contribution in [3.05, 3.63) is 60.2 Å². The highest BCUT2D eigenvalue weighted by molar-refractivity contribution is 6.10. The maximum atomic E-state index is 12.5. The van der Waals surface area contributed by atoms with Crippen LogP contribution in [0, 0.1) is 0 Å². The number of hydrogen-bond acceptors (Lipinski definition) is 4. The molecule has 0 aliphatic rings. The summed E-state index contributed by atoms with van der Waals surface area (Å²) in [6, 6.07) is 14.0. The highest BCUT2D eigenvalue weighted by Gasteiger charge is 2.13. The lowest BCUT2D eigenvalue weighted by Gasteiger charge is -2.07. The van der Waals surface area contributed by atoms with Crippen LogP contribution in [0.5, 0.6) is 0 Å². The monoisotopic (exact) mass is 407 g/mol. The number of ether oxygens (including phenoxy) is 2. The molecule has 0 N–H and O–H groups in total. The molecule has 0 bridgehead atoms. The van der Waals surface area contributed by atoms with Gasteiger partial charge in [0.15, 0.2) is 0 Å². The summed E-state index contributed by atoms with van der Waals surface area (Å²) in [6.07, 6.45) is 3.42. The number of fused-ring (bicyclic) bond motifs is 3. The number of rotatable bonds is 10. The first-order valence-electron chi connectivity index (χ1n) is 10.5. The molecule has 5 heteroatoms. The first-order valence-corrected chi connectivity index (χ1v) is 10.5. The minimum atomic E-state index is -0.344. The standard InChI is InChI=1S/C25H29NO4/c1-4-26-22-12-8-7-11-20(22)21-17-19(13-14-23(21)26)25(28)30-16-10-6-5-9-15-29-24(27)18(2)3/h7-8,11-14,17H,2,4-6,9-10,15-16H2,1,3H3. The molecule has 0 atom stereocenters. The van der Waals surface area contributed by atoms with Crippen LogP contribution in [0.15, 0.2) is 54.6 Å². The zero-order valence-corrected chi connectivity index (χ0v) is 17.8. The number of carbonyl (C=O) groups is 2. The van der Waals surface area contributed by atoms with Gasteiger partial charge in [-0.05, 0) is 63.8 Å². The third kappa shape index (κ3) is 4.90. The summed E-state index contributed by atoms with van der Waals surface area (Å²) in [4.78, 5) is 23.8. The van der Waals surface area contributed by atoms with Crippen LogP contribution in [0.2, 0.25) is 0 Å². The molecule has 1 aromatic heterocycles. The number of nitrogens with zero attached hydrogens (tertiary/aromatic N) is 1. The Morgan fingerprint density at radius 2 is 1.57 bits per heavy atom. The number of unbranched alkanes of at least 4 members (excludes halogenated alkanes) is 3. The predicted octanol–water partition coefficient (Wildman–Crippen LogP) is 5.65. The van der Waals surface area contributed by atoms with E-state index in [4.69, 9.17) is 9.47 Å². The molecular weight excluding hydrogens is 378 g/mol. The Bertz CT molecular complexity index is 1060. The second kappa shape index (κ2) is 10.1. The largest absolute Gasteiger partial charge is 0.462 e. The second-order valence-electron chi connectivity index (χ2n) is 7.46. The van der Waals surface area contributed by atoms with E-state index in [1.807, 2.05) is 30.3 Å². The number of aromatic nitrogens is 1. The quantitative estimate of drug-likeness (QED) is 0.247. The van der Waals surface area contributed by atoms with Gasteiger partial charge in [-0.2, -0.15) is 0 Å². The van der Waals surface area contributed by atoms with E-state index in [9.17, 15) is 9.59 Å². The molecule has 0 unspecified atom stereocenters. The Morgan fingerprint density at radius 3 is 2.27 bits per heavy atom. The number of para-hydroxylation sites is 1. The third-order valence-electron chi connectivity index (χ3n) is 5.18. The number of aryl methyl sites for hydroxylation is 1. The molecule has 0 amide bonds. The van der Waals surface area contributed by atoms with Crippen molar-refractivity contribution in [3.8, 4) is 0 Å². The van der Waals surface area contributed by atoms with E-state index >= 15 is 0 Å². The van der Waals surface area contributed by atoms with Gasteiger partial charge >= 0.3 is 11.9 Å². The minimum Gasteiger partial charge on any atom is -0.462 e. The maximum absolute atomic E-state index is 12.5. The average molecular weight is 408 g/mol. The van der Waals surface area contributed by atoms with Gasteiger partial charge < -0.3 is 14.0 Å². The van der Waals surface area contributed by atoms with E-state index in [2.05, 4.69) is 30.2 Å². The van der Waals surface area contributed by atoms with Crippen LogP contribution in [0.4, 0.5) is 0 Å². The summed E-state index contributed by atoms with van der Waals surface area (Å²) >= 11 is 0. The lowest BCUT2D eigenvalue weighted by Crippen LogP contribution is -2.07. The normalized spacial score (nSPS) is 11.0. The van der Waals surface area contributed by atoms with Crippen molar-refractivity contribution in [3.63, 3.8) is 0 Å². The smallest absolute Gasteiger partial charge is 0.338 e. The van der Waals surface area contributed by atoms with E-state index in [-0.39, 0.29) is 11.9 Å². The number of esters is 2. The Balaban J connectivity index is 1.50. The van der Waals surface area contributed by atoms with Crippen LogP contribution in [-0.4, -0.2) is 29.7 Å². The average Bonchev–Trinajstić information content (AvgIpc) is 3.08. The van der Waals surface area contributed by atoms with E-state index in [1.165, 1.54) is 5.52 Å². The molecule has 30 heavy (non-hydrogen) atoms. The van der Waals surface area contributed by atoms with Gasteiger partial charge in [-0.1, -0.05) is 24.8 Å². The first kappa shape index (κ1) is 21.6. The highest BCUT2D eigenvalue weighted by Crippen LogP contribution is 2.29. The number of benzene rings is 2. The Hall–Kier alpha value is -3.08. The van der Waals surface area contributed by atoms with Gasteiger partial charge in [0.05, 0.1) is 18.8 Å². The second-order valence-corrected chi connectivity index (χ2v) is 7.46. The fourth-order valence-corrected chi connectivity index (χ4v) is 3.62. The van der Waals surface area contributed by atoms with Gasteiger partial charge in [-0.3, -0.25) is 0 Å². The van der Waals surface area contributed by atoms with Crippen molar-refractivity contribution in [2.45, 2.75) is 46.1 Å². The van der Waals surface area contributed by atoms with E-state index in [0.29, 0.717) is 24.4 Å². The summed E-state index contributed by atoms with van der Waals surface area (Å²) in [5.74, 6) is -0.636. The minimum absolute atomic E-state index is 0.291. The van der Waals surface area contributed by atoms with Gasteiger partial charge in [0.2, 0.25) is 0 Å². The fraction of sp³-hybridized carbons (Fsp3) is 0.360. The Labute approximate surface area is 177 Å². The molecule has 3 aromatic rings. The zero-order chi connectivity index (χ0) is 21.5. The topological polar surface area (TPSA) is 57.5 Å². The van der Waals surface area contributed by atoms with Crippen molar-refractivity contribution in [2.24, 2.45) is 0 Å². The van der Waals surface area contributed by atoms with E-state index in [0.717, 1.165) is 48.5 Å². The molecule has 3 rings (SSSR count). The first-order chi connectivity index (χ1) is 14.5. The summed E-state index contributed by atoms with van der Waals surface area (Å²) in [5.41, 5.74) is 3.30. The Kier molecular flexibility index (Phi) is 7.28. The van der Waals surface area contributed by atoms with Crippen LogP contribution in [0.25, 0.3) is 21.8 Å². The summed E-state index contributed by atoms with van der Waals surface area (Å²) in [7, 11) is 0. The number of carbonyl (C=O) groups excluding carboxylic acids is 2. The molecule has 0 aliphatic carbocycles. The highest BCUT2D eigenvalue weighted by atomic mass is 16.5. The summed E-state index contributed by atoms with van der Waals surface area (Å²) < 4.78 is 12.8. The van der Waals surface area contributed by atoms with Crippen molar-refractivity contribution in [2.75, 3.05) is 13.2 Å². The molecule has 0 aliphatic heterocycles. The SMILES string of the molecule is C=C(C)C(=O)OCCCCCCOC(=O)c1ccc2c(c1)c1ccccc1n2CC. The van der Waals surface area contributed by atoms with Crippen LogP contribution >= 0.6 is 0 Å². The van der Waals surface area contributed by atoms with Gasteiger partial charge in [0.1, 0.15) is 0 Å². The van der Waals surface area contributed by atoms with E-state index in [1.54, 1.807) is 6.92 Å².